The fourth-order valence-electron chi connectivity index (χ4n) is 1.41. The van der Waals surface area contributed by atoms with Crippen LogP contribution in [0.5, 0.6) is 5.75 Å². The number of methoxy groups -OCH3 is 1. The van der Waals surface area contributed by atoms with Gasteiger partial charge in [-0.2, -0.15) is 5.26 Å². The molecule has 2 nitrogen and oxygen atoms in total. The molecule has 17 heavy (non-hydrogen) atoms. The van der Waals surface area contributed by atoms with Gasteiger partial charge in [-0.05, 0) is 23.3 Å². The lowest BCUT2D eigenvalue weighted by atomic mass is 10.1. The number of hydrogen-bond donors (Lipinski definition) is 0. The standard InChI is InChI=1S/C13H12O.C2H3N/c1-14-13-9-7-12(8-10-13)11-5-3-2-4-6-11;1-2-3/h2-10H,1H3;1H3. The second-order valence-corrected chi connectivity index (χ2v) is 3.32. The molecule has 0 saturated carbocycles. The molecule has 0 spiro atoms. The molecule has 2 heteroatoms. The number of hydrogen-bond acceptors (Lipinski definition) is 2. The van der Waals surface area contributed by atoms with Crippen molar-refractivity contribution < 1.29 is 4.74 Å². The lowest BCUT2D eigenvalue weighted by molar-refractivity contribution is 0.415. The molecule has 0 aliphatic carbocycles. The van der Waals surface area contributed by atoms with Gasteiger partial charge in [0.1, 0.15) is 5.75 Å². The van der Waals surface area contributed by atoms with Crippen LogP contribution >= 0.6 is 0 Å². The van der Waals surface area contributed by atoms with Crippen LogP contribution < -0.4 is 4.74 Å². The van der Waals surface area contributed by atoms with Gasteiger partial charge in [0, 0.05) is 6.92 Å². The third-order valence-corrected chi connectivity index (χ3v) is 2.20. The third-order valence-electron chi connectivity index (χ3n) is 2.20. The average molecular weight is 225 g/mol. The molecule has 0 aliphatic heterocycles. The van der Waals surface area contributed by atoms with Gasteiger partial charge in [0.05, 0.1) is 13.2 Å². The summed E-state index contributed by atoms with van der Waals surface area (Å²) in [4.78, 5) is 0. The minimum absolute atomic E-state index is 0.893. The topological polar surface area (TPSA) is 33.0 Å². The van der Waals surface area contributed by atoms with Crippen molar-refractivity contribution in [2.45, 2.75) is 6.92 Å². The molecule has 0 amide bonds. The Kier molecular flexibility index (Phi) is 5.33. The number of nitriles is 1. The van der Waals surface area contributed by atoms with E-state index in [2.05, 4.69) is 24.3 Å². The predicted octanol–water partition coefficient (Wildman–Crippen LogP) is 3.89. The van der Waals surface area contributed by atoms with Crippen LogP contribution in [-0.2, 0) is 0 Å². The minimum Gasteiger partial charge on any atom is -0.497 e. The van der Waals surface area contributed by atoms with Crippen LogP contribution in [0.2, 0.25) is 0 Å². The molecule has 0 N–H and O–H groups in total. The van der Waals surface area contributed by atoms with E-state index in [0.29, 0.717) is 0 Å². The van der Waals surface area contributed by atoms with Gasteiger partial charge < -0.3 is 4.74 Å². The van der Waals surface area contributed by atoms with Crippen LogP contribution in [0.25, 0.3) is 11.1 Å². The maximum absolute atomic E-state index is 7.32. The largest absolute Gasteiger partial charge is 0.497 e. The molecule has 0 fully saturated rings. The zero-order valence-electron chi connectivity index (χ0n) is 10.1. The van der Waals surface area contributed by atoms with Crippen molar-refractivity contribution in [1.29, 1.82) is 5.26 Å². The predicted molar refractivity (Wildman–Crippen MR) is 69.7 cm³/mol. The summed E-state index contributed by atoms with van der Waals surface area (Å²) in [5, 5.41) is 7.32. The fourth-order valence-corrected chi connectivity index (χ4v) is 1.41. The Hall–Kier alpha value is -2.27. The molecule has 0 saturated heterocycles. The van der Waals surface area contributed by atoms with Crippen molar-refractivity contribution in [2.24, 2.45) is 0 Å². The lowest BCUT2D eigenvalue weighted by Crippen LogP contribution is -1.82. The van der Waals surface area contributed by atoms with Crippen molar-refractivity contribution in [1.82, 2.24) is 0 Å². The third kappa shape index (κ3) is 4.00. The summed E-state index contributed by atoms with van der Waals surface area (Å²) in [7, 11) is 1.68. The minimum atomic E-state index is 0.893. The smallest absolute Gasteiger partial charge is 0.118 e. The first-order chi connectivity index (χ1) is 8.31. The molecule has 0 aliphatic rings. The van der Waals surface area contributed by atoms with Crippen LogP contribution in [-0.4, -0.2) is 7.11 Å². The monoisotopic (exact) mass is 225 g/mol. The van der Waals surface area contributed by atoms with Crippen molar-refractivity contribution >= 4 is 0 Å². The quantitative estimate of drug-likeness (QED) is 0.776. The highest BCUT2D eigenvalue weighted by Crippen LogP contribution is 2.21. The second-order valence-electron chi connectivity index (χ2n) is 3.32. The van der Waals surface area contributed by atoms with Crippen molar-refractivity contribution in [3.8, 4) is 22.9 Å². The summed E-state index contributed by atoms with van der Waals surface area (Å²) in [5.41, 5.74) is 2.45. The molecule has 0 unspecified atom stereocenters. The normalized spacial score (nSPS) is 8.53. The number of ether oxygens (including phenoxy) is 1. The molecule has 2 aromatic carbocycles. The highest BCUT2D eigenvalue weighted by Gasteiger charge is 1.95. The van der Waals surface area contributed by atoms with Crippen LogP contribution in [0.15, 0.2) is 54.6 Å². The van der Waals surface area contributed by atoms with E-state index >= 15 is 0 Å². The molecular weight excluding hydrogens is 210 g/mol. The van der Waals surface area contributed by atoms with Crippen LogP contribution in [0.4, 0.5) is 0 Å². The number of rotatable bonds is 2. The maximum atomic E-state index is 7.32. The van der Waals surface area contributed by atoms with E-state index in [1.54, 1.807) is 13.2 Å². The van der Waals surface area contributed by atoms with Gasteiger partial charge in [-0.15, -0.1) is 0 Å². The zero-order valence-corrected chi connectivity index (χ0v) is 10.1. The molecule has 0 aromatic heterocycles. The molecule has 2 aromatic rings. The Morgan fingerprint density at radius 1 is 0.882 bits per heavy atom. The van der Waals surface area contributed by atoms with Gasteiger partial charge in [-0.1, -0.05) is 42.5 Å². The first-order valence-electron chi connectivity index (χ1n) is 5.32. The summed E-state index contributed by atoms with van der Waals surface area (Å²) in [6.07, 6.45) is 0. The van der Waals surface area contributed by atoms with Crippen LogP contribution in [0.3, 0.4) is 0 Å². The van der Waals surface area contributed by atoms with E-state index in [0.717, 1.165) is 5.75 Å². The number of nitrogens with zero attached hydrogens (tertiary/aromatic N) is 1. The van der Waals surface area contributed by atoms with E-state index < -0.39 is 0 Å². The summed E-state index contributed by atoms with van der Waals surface area (Å²) in [5.74, 6) is 0.893. The van der Waals surface area contributed by atoms with Crippen molar-refractivity contribution in [3.63, 3.8) is 0 Å². The summed E-state index contributed by atoms with van der Waals surface area (Å²) in [6.45, 7) is 1.43. The summed E-state index contributed by atoms with van der Waals surface area (Å²) >= 11 is 0. The first kappa shape index (κ1) is 12.8. The van der Waals surface area contributed by atoms with E-state index in [-0.39, 0.29) is 0 Å². The zero-order chi connectivity index (χ0) is 12.5. The molecule has 2 rings (SSSR count). The SMILES string of the molecule is CC#N.COc1ccc(-c2ccccc2)cc1. The van der Waals surface area contributed by atoms with Gasteiger partial charge in [0.15, 0.2) is 0 Å². The molecule has 0 heterocycles. The van der Waals surface area contributed by atoms with Gasteiger partial charge in [-0.25, -0.2) is 0 Å². The van der Waals surface area contributed by atoms with Gasteiger partial charge in [0.25, 0.3) is 0 Å². The fraction of sp³-hybridized carbons (Fsp3) is 0.133. The Balaban J connectivity index is 0.000000437. The Labute approximate surface area is 102 Å². The average Bonchev–Trinajstić information content (AvgIpc) is 2.41. The Bertz CT molecular complexity index is 469. The first-order valence-corrected chi connectivity index (χ1v) is 5.32. The van der Waals surface area contributed by atoms with E-state index in [1.807, 2.05) is 30.3 Å². The van der Waals surface area contributed by atoms with Crippen molar-refractivity contribution in [3.05, 3.63) is 54.6 Å². The Morgan fingerprint density at radius 3 is 1.82 bits per heavy atom. The molecular formula is C15H15NO. The highest BCUT2D eigenvalue weighted by molar-refractivity contribution is 5.63. The van der Waals surface area contributed by atoms with Crippen molar-refractivity contribution in [2.75, 3.05) is 7.11 Å². The molecule has 0 radical (unpaired) electrons. The maximum Gasteiger partial charge on any atom is 0.118 e. The van der Waals surface area contributed by atoms with Crippen LogP contribution in [0.1, 0.15) is 6.92 Å². The van der Waals surface area contributed by atoms with Gasteiger partial charge in [0.2, 0.25) is 0 Å². The number of benzene rings is 2. The lowest BCUT2D eigenvalue weighted by Gasteiger charge is -2.02. The van der Waals surface area contributed by atoms with E-state index in [9.17, 15) is 0 Å². The van der Waals surface area contributed by atoms with Crippen LogP contribution in [0, 0.1) is 11.3 Å². The highest BCUT2D eigenvalue weighted by atomic mass is 16.5. The summed E-state index contributed by atoms with van der Waals surface area (Å²) in [6, 6.07) is 20.1. The molecule has 0 bridgehead atoms. The second kappa shape index (κ2) is 7.08. The molecule has 86 valence electrons. The Morgan fingerprint density at radius 2 is 1.35 bits per heavy atom. The summed E-state index contributed by atoms with van der Waals surface area (Å²) < 4.78 is 5.11. The van der Waals surface area contributed by atoms with E-state index in [1.165, 1.54) is 18.1 Å². The van der Waals surface area contributed by atoms with Gasteiger partial charge >= 0.3 is 0 Å². The molecule has 0 atom stereocenters. The van der Waals surface area contributed by atoms with E-state index in [4.69, 9.17) is 10.00 Å². The van der Waals surface area contributed by atoms with Gasteiger partial charge in [-0.3, -0.25) is 0 Å².